The summed E-state index contributed by atoms with van der Waals surface area (Å²) in [5, 5.41) is 0. The highest BCUT2D eigenvalue weighted by molar-refractivity contribution is 7.82. The molecule has 0 atom stereocenters. The Hall–Kier alpha value is -0.430. The number of aromatic nitrogens is 1. The molecule has 0 aliphatic carbocycles. The number of nitrogens with zero attached hydrogens (tertiary/aromatic N) is 1. The average Bonchev–Trinajstić information content (AvgIpc) is 2.40. The van der Waals surface area contributed by atoms with Crippen LogP contribution in [0, 0.1) is 0 Å². The van der Waals surface area contributed by atoms with Gasteiger partial charge in [-0.25, -0.2) is 9.55 Å². The molecule has 2 aromatic rings. The molecule has 0 spiro atoms. The number of thiazole rings is 1. The summed E-state index contributed by atoms with van der Waals surface area (Å²) in [5.41, 5.74) is 1.04. The second-order valence-corrected chi connectivity index (χ2v) is 5.26. The second kappa shape index (κ2) is 5.07. The number of thiol groups is 1. The average molecular weight is 265 g/mol. The fraction of sp³-hybridized carbons (Fsp3) is 0. The largest absolute Gasteiger partial charge is 0.466 e. The maximum absolute atomic E-state index is 8.88. The van der Waals surface area contributed by atoms with E-state index in [0.29, 0.717) is 0 Å². The minimum Gasteiger partial charge on any atom is -0.303 e. The highest BCUT2D eigenvalue weighted by Gasteiger charge is 2.00. The van der Waals surface area contributed by atoms with E-state index in [4.69, 9.17) is 19.2 Å². The molecule has 0 bridgehead atoms. The number of rotatable bonds is 0. The number of fused-ring (bicyclic) bond motifs is 1. The predicted octanol–water partition coefficient (Wildman–Crippen LogP) is 1.66. The summed E-state index contributed by atoms with van der Waals surface area (Å²) in [7, 11) is -4.64. The Labute approximate surface area is 95.1 Å². The standard InChI is InChI=1S/C7H5NS2.H3O4P/c9-7-8-5-3-1-2-4-6(5)10-7;1-5(2,3)4/h1-4H,(H,8,9);(H3,1,2,3,4). The van der Waals surface area contributed by atoms with Crippen LogP contribution in [0.15, 0.2) is 28.6 Å². The summed E-state index contributed by atoms with van der Waals surface area (Å²) >= 11 is 5.76. The highest BCUT2D eigenvalue weighted by Crippen LogP contribution is 2.25. The fourth-order valence-electron chi connectivity index (χ4n) is 0.860. The van der Waals surface area contributed by atoms with E-state index < -0.39 is 7.82 Å². The van der Waals surface area contributed by atoms with Crippen molar-refractivity contribution >= 4 is 42.0 Å². The molecule has 1 aromatic heterocycles. The summed E-state index contributed by atoms with van der Waals surface area (Å²) in [6.07, 6.45) is 0. The Bertz CT molecular complexity index is 453. The van der Waals surface area contributed by atoms with Gasteiger partial charge in [0.05, 0.1) is 10.2 Å². The lowest BCUT2D eigenvalue weighted by Crippen LogP contribution is -1.66. The zero-order chi connectivity index (χ0) is 11.5. The minimum absolute atomic E-state index is 0.834. The summed E-state index contributed by atoms with van der Waals surface area (Å²) < 4.78 is 10.9. The molecule has 0 unspecified atom stereocenters. The molecule has 0 amide bonds. The van der Waals surface area contributed by atoms with Crippen LogP contribution < -0.4 is 0 Å². The molecule has 0 radical (unpaired) electrons. The van der Waals surface area contributed by atoms with Gasteiger partial charge in [-0.1, -0.05) is 12.1 Å². The van der Waals surface area contributed by atoms with E-state index in [9.17, 15) is 0 Å². The molecule has 5 nitrogen and oxygen atoms in total. The zero-order valence-corrected chi connectivity index (χ0v) is 9.91. The monoisotopic (exact) mass is 265 g/mol. The molecule has 15 heavy (non-hydrogen) atoms. The lowest BCUT2D eigenvalue weighted by atomic mass is 10.3. The number of benzene rings is 1. The molecule has 1 aromatic carbocycles. The van der Waals surface area contributed by atoms with Crippen LogP contribution in [-0.4, -0.2) is 19.7 Å². The van der Waals surface area contributed by atoms with Crippen molar-refractivity contribution < 1.29 is 19.2 Å². The van der Waals surface area contributed by atoms with Gasteiger partial charge in [-0.3, -0.25) is 0 Å². The van der Waals surface area contributed by atoms with Gasteiger partial charge in [0.15, 0.2) is 0 Å². The Morgan fingerprint density at radius 1 is 1.27 bits per heavy atom. The van der Waals surface area contributed by atoms with Gasteiger partial charge < -0.3 is 14.7 Å². The van der Waals surface area contributed by atoms with Crippen LogP contribution in [0.1, 0.15) is 0 Å². The van der Waals surface area contributed by atoms with Gasteiger partial charge in [0, 0.05) is 0 Å². The SMILES string of the molecule is O=P(O)(O)O.Sc1nc2ccccc2s1. The van der Waals surface area contributed by atoms with E-state index >= 15 is 0 Å². The first kappa shape index (κ1) is 12.6. The fourth-order valence-corrected chi connectivity index (χ4v) is 1.97. The van der Waals surface area contributed by atoms with E-state index in [1.54, 1.807) is 11.3 Å². The van der Waals surface area contributed by atoms with E-state index in [1.165, 1.54) is 4.70 Å². The van der Waals surface area contributed by atoms with Crippen LogP contribution in [0.2, 0.25) is 0 Å². The number of phosphoric acid groups is 1. The van der Waals surface area contributed by atoms with Crippen LogP contribution in [0.4, 0.5) is 0 Å². The summed E-state index contributed by atoms with van der Waals surface area (Å²) in [6.45, 7) is 0. The lowest BCUT2D eigenvalue weighted by Gasteiger charge is -1.82. The van der Waals surface area contributed by atoms with Gasteiger partial charge in [0.25, 0.3) is 0 Å². The molecule has 1 heterocycles. The molecule has 0 fully saturated rings. The molecule has 0 aliphatic rings. The summed E-state index contributed by atoms with van der Waals surface area (Å²) in [4.78, 5) is 25.8. The van der Waals surface area contributed by atoms with Gasteiger partial charge in [-0.15, -0.1) is 24.0 Å². The van der Waals surface area contributed by atoms with Crippen molar-refractivity contribution in [3.63, 3.8) is 0 Å². The summed E-state index contributed by atoms with van der Waals surface area (Å²) in [5.74, 6) is 0. The van der Waals surface area contributed by atoms with Crippen LogP contribution in [0.25, 0.3) is 10.2 Å². The van der Waals surface area contributed by atoms with Crippen molar-refractivity contribution in [1.29, 1.82) is 0 Å². The zero-order valence-electron chi connectivity index (χ0n) is 7.31. The van der Waals surface area contributed by atoms with E-state index in [0.717, 1.165) is 9.86 Å². The first-order valence-corrected chi connectivity index (χ1v) is 6.52. The third kappa shape index (κ3) is 5.27. The predicted molar refractivity (Wildman–Crippen MR) is 61.1 cm³/mol. The normalized spacial score (nSPS) is 10.9. The van der Waals surface area contributed by atoms with Crippen molar-refractivity contribution in [3.8, 4) is 0 Å². The minimum atomic E-state index is -4.64. The maximum Gasteiger partial charge on any atom is 0.466 e. The number of hydrogen-bond donors (Lipinski definition) is 4. The van der Waals surface area contributed by atoms with Crippen molar-refractivity contribution in [2.24, 2.45) is 0 Å². The van der Waals surface area contributed by atoms with Gasteiger partial charge >= 0.3 is 7.82 Å². The molecule has 0 saturated carbocycles. The third-order valence-corrected chi connectivity index (χ3v) is 2.50. The number of para-hydroxylation sites is 1. The lowest BCUT2D eigenvalue weighted by molar-refractivity contribution is 0.275. The first-order chi connectivity index (χ1) is 6.86. The molecule has 82 valence electrons. The molecular formula is C7H8NO4PS2. The van der Waals surface area contributed by atoms with Crippen LogP contribution >= 0.6 is 31.8 Å². The van der Waals surface area contributed by atoms with Crippen LogP contribution in [-0.2, 0) is 4.57 Å². The van der Waals surface area contributed by atoms with E-state index in [-0.39, 0.29) is 0 Å². The quantitative estimate of drug-likeness (QED) is 0.429. The van der Waals surface area contributed by atoms with Gasteiger partial charge in [-0.2, -0.15) is 0 Å². The first-order valence-electron chi connectivity index (χ1n) is 3.69. The molecular weight excluding hydrogens is 257 g/mol. The number of hydrogen-bond acceptors (Lipinski definition) is 4. The Kier molecular flexibility index (Phi) is 4.27. The molecule has 0 saturated heterocycles. The Morgan fingerprint density at radius 2 is 1.80 bits per heavy atom. The van der Waals surface area contributed by atoms with Crippen molar-refractivity contribution in [3.05, 3.63) is 24.3 Å². The van der Waals surface area contributed by atoms with Crippen molar-refractivity contribution in [2.75, 3.05) is 0 Å². The summed E-state index contributed by atoms with van der Waals surface area (Å²) in [6, 6.07) is 8.03. The van der Waals surface area contributed by atoms with E-state index in [1.807, 2.05) is 24.3 Å². The van der Waals surface area contributed by atoms with Crippen molar-refractivity contribution in [1.82, 2.24) is 4.98 Å². The smallest absolute Gasteiger partial charge is 0.303 e. The maximum atomic E-state index is 8.88. The van der Waals surface area contributed by atoms with Crippen LogP contribution in [0.3, 0.4) is 0 Å². The molecule has 0 aliphatic heterocycles. The second-order valence-electron chi connectivity index (χ2n) is 2.48. The van der Waals surface area contributed by atoms with Crippen LogP contribution in [0.5, 0.6) is 0 Å². The van der Waals surface area contributed by atoms with Crippen molar-refractivity contribution in [2.45, 2.75) is 4.34 Å². The third-order valence-electron chi connectivity index (χ3n) is 1.28. The molecule has 2 rings (SSSR count). The Balaban J connectivity index is 0.000000195. The molecule has 3 N–H and O–H groups in total. The van der Waals surface area contributed by atoms with E-state index in [2.05, 4.69) is 17.6 Å². The molecule has 8 heteroatoms. The Morgan fingerprint density at radius 3 is 2.33 bits per heavy atom. The van der Waals surface area contributed by atoms with Gasteiger partial charge in [-0.05, 0) is 12.1 Å². The topological polar surface area (TPSA) is 90.7 Å². The van der Waals surface area contributed by atoms with Gasteiger partial charge in [0.2, 0.25) is 0 Å². The van der Waals surface area contributed by atoms with Gasteiger partial charge in [0.1, 0.15) is 4.34 Å². The highest BCUT2D eigenvalue weighted by atomic mass is 32.2.